The van der Waals surface area contributed by atoms with Crippen LogP contribution in [0.1, 0.15) is 6.92 Å². The number of rotatable bonds is 4. The van der Waals surface area contributed by atoms with Gasteiger partial charge in [-0.05, 0) is 6.92 Å². The fraction of sp³-hybridized carbons (Fsp3) is 0.750. The van der Waals surface area contributed by atoms with Gasteiger partial charge in [0.1, 0.15) is 0 Å². The highest BCUT2D eigenvalue weighted by Gasteiger charge is 2.24. The molecule has 0 aromatic rings. The minimum atomic E-state index is -3.67. The second kappa shape index (κ2) is 4.54. The molecule has 0 fully saturated rings. The van der Waals surface area contributed by atoms with E-state index >= 15 is 0 Å². The van der Waals surface area contributed by atoms with E-state index in [9.17, 15) is 9.36 Å². The fourth-order valence-corrected chi connectivity index (χ4v) is 1.10. The Hall–Kier alpha value is -0.315. The van der Waals surface area contributed by atoms with Gasteiger partial charge in [-0.1, -0.05) is 0 Å². The van der Waals surface area contributed by atoms with Gasteiger partial charge in [0.2, 0.25) is 0 Å². The maximum atomic E-state index is 10.7. The van der Waals surface area contributed by atoms with Crippen LogP contribution in [0.15, 0.2) is 0 Å². The maximum absolute atomic E-state index is 10.7. The summed E-state index contributed by atoms with van der Waals surface area (Å²) in [6.07, 6.45) is 0. The van der Waals surface area contributed by atoms with Gasteiger partial charge >= 0.3 is 7.00 Å². The van der Waals surface area contributed by atoms with Crippen molar-refractivity contribution in [2.75, 3.05) is 13.7 Å². The first-order valence-corrected chi connectivity index (χ1v) is 4.92. The topological polar surface area (TPSA) is 75.6 Å². The van der Waals surface area contributed by atoms with Gasteiger partial charge in [0.05, 0.1) is 0 Å². The van der Waals surface area contributed by atoms with Crippen LogP contribution in [0, 0.1) is 0 Å². The van der Waals surface area contributed by atoms with E-state index in [0.717, 1.165) is 7.11 Å². The Bertz CT molecular complexity index is 185. The Kier molecular flexibility index (Phi) is 4.41. The highest BCUT2D eigenvalue weighted by atomic mass is 31.2. The second-order valence-corrected chi connectivity index (χ2v) is 3.89. The van der Waals surface area contributed by atoms with Crippen molar-refractivity contribution in [3.05, 3.63) is 0 Å². The molecule has 1 amide bonds. The van der Waals surface area contributed by atoms with Crippen molar-refractivity contribution in [3.8, 4) is 0 Å². The van der Waals surface area contributed by atoms with E-state index in [4.69, 9.17) is 4.89 Å². The average Bonchev–Trinajstić information content (AvgIpc) is 1.87. The lowest BCUT2D eigenvalue weighted by molar-refractivity contribution is 0.259. The van der Waals surface area contributed by atoms with Crippen LogP contribution in [0.2, 0.25) is 0 Å². The number of carbonyl (C=O) groups is 1. The van der Waals surface area contributed by atoms with Gasteiger partial charge in [-0.3, -0.25) is 9.36 Å². The zero-order chi connectivity index (χ0) is 8.91. The number of carbonyl (C=O) groups excluding carboxylic acids is 1. The first kappa shape index (κ1) is 10.7. The molecule has 0 heterocycles. The normalized spacial score (nSPS) is 15.2. The molecule has 0 rings (SSSR count). The van der Waals surface area contributed by atoms with E-state index in [1.807, 2.05) is 0 Å². The van der Waals surface area contributed by atoms with E-state index in [0.29, 0.717) is 6.54 Å². The van der Waals surface area contributed by atoms with E-state index in [1.54, 1.807) is 6.92 Å². The van der Waals surface area contributed by atoms with Gasteiger partial charge < -0.3 is 14.7 Å². The van der Waals surface area contributed by atoms with Crippen molar-refractivity contribution < 1.29 is 18.8 Å². The number of hydrogen-bond donors (Lipinski definition) is 2. The molecule has 0 aliphatic carbocycles. The molecule has 11 heavy (non-hydrogen) atoms. The second-order valence-electron chi connectivity index (χ2n) is 1.93. The summed E-state index contributed by atoms with van der Waals surface area (Å²) in [5, 5.41) is 2.38. The molecular weight excluding hydrogens is 168 g/mol. The van der Waals surface area contributed by atoms with Crippen LogP contribution in [0.25, 0.3) is 0 Å². The Morgan fingerprint density at radius 1 is 1.82 bits per heavy atom. The number of hydrogen-bond acceptors (Lipinski definition) is 3. The third kappa shape index (κ3) is 5.01. The molecule has 2 N–H and O–H groups in total. The molecule has 0 aliphatic heterocycles. The van der Waals surface area contributed by atoms with Crippen LogP contribution < -0.4 is 5.32 Å². The van der Waals surface area contributed by atoms with E-state index < -0.39 is 20.3 Å². The quantitative estimate of drug-likeness (QED) is 0.466. The zero-order valence-corrected chi connectivity index (χ0v) is 7.43. The Balaban J connectivity index is 3.84. The molecule has 0 aliphatic rings. The van der Waals surface area contributed by atoms with Crippen LogP contribution in [0.4, 0.5) is 4.79 Å². The van der Waals surface area contributed by atoms with Gasteiger partial charge in [0, 0.05) is 13.7 Å². The molecule has 1 atom stereocenters. The van der Waals surface area contributed by atoms with Crippen molar-refractivity contribution in [1.29, 1.82) is 0 Å². The molecule has 7 heteroatoms. The van der Waals surface area contributed by atoms with E-state index in [-0.39, 0.29) is 0 Å². The summed E-state index contributed by atoms with van der Waals surface area (Å²) in [7, 11) is -2.57. The smallest absolute Gasteiger partial charge is 0.365 e. The van der Waals surface area contributed by atoms with Gasteiger partial charge in [-0.25, -0.2) is 0 Å². The predicted molar refractivity (Wildman–Crippen MR) is 43.1 cm³/mol. The number of amides is 1. The molecule has 0 saturated carbocycles. The Labute approximate surface area is 65.9 Å². The first-order valence-electron chi connectivity index (χ1n) is 3.16. The fourth-order valence-electron chi connectivity index (χ4n) is 0.499. The monoisotopic (exact) mass is 179 g/mol. The molecule has 0 spiro atoms. The summed E-state index contributed by atoms with van der Waals surface area (Å²) in [5.74, 6) is -0.472. The lowest BCUT2D eigenvalue weighted by atomic mass is 10.1. The minimum absolute atomic E-state index is 0.447. The zero-order valence-electron chi connectivity index (χ0n) is 6.53. The average molecular weight is 179 g/mol. The molecule has 0 aromatic heterocycles. The highest BCUT2D eigenvalue weighted by Crippen LogP contribution is 2.37. The lowest BCUT2D eigenvalue weighted by Gasteiger charge is -2.06. The van der Waals surface area contributed by atoms with Crippen LogP contribution in [-0.2, 0) is 9.09 Å². The molecule has 5 nitrogen and oxygen atoms in total. The minimum Gasteiger partial charge on any atom is -0.365 e. The molecule has 0 radical (unpaired) electrons. The Morgan fingerprint density at radius 2 is 2.36 bits per heavy atom. The summed E-state index contributed by atoms with van der Waals surface area (Å²) in [6.45, 7) is 1.70. The van der Waals surface area contributed by atoms with Crippen LogP contribution >= 0.6 is 7.47 Å². The molecule has 0 aromatic carbocycles. The summed E-state index contributed by atoms with van der Waals surface area (Å²) in [6, 6.07) is 0. The van der Waals surface area contributed by atoms with Gasteiger partial charge in [0.15, 0.2) is 5.81 Å². The molecule has 0 bridgehead atoms. The van der Waals surface area contributed by atoms with Crippen molar-refractivity contribution in [2.24, 2.45) is 0 Å². The van der Waals surface area contributed by atoms with Crippen molar-refractivity contribution in [1.82, 2.24) is 5.32 Å². The summed E-state index contributed by atoms with van der Waals surface area (Å²) >= 11 is 0. The third-order valence-corrected chi connectivity index (χ3v) is 2.26. The van der Waals surface area contributed by atoms with E-state index in [2.05, 4.69) is 9.84 Å². The summed E-state index contributed by atoms with van der Waals surface area (Å²) in [5.41, 5.74) is 0. The third-order valence-electron chi connectivity index (χ3n) is 1.00. The van der Waals surface area contributed by atoms with Crippen molar-refractivity contribution in [2.45, 2.75) is 6.92 Å². The maximum Gasteiger partial charge on any atom is 0.375 e. The largest absolute Gasteiger partial charge is 0.375 e. The molecule has 64 valence electrons. The van der Waals surface area contributed by atoms with Gasteiger partial charge in [-0.15, -0.1) is 0 Å². The highest BCUT2D eigenvalue weighted by molar-refractivity contribution is 7.86. The van der Waals surface area contributed by atoms with Crippen molar-refractivity contribution in [3.63, 3.8) is 0 Å². The van der Waals surface area contributed by atoms with Gasteiger partial charge in [-0.2, -0.15) is 0 Å². The SMILES string of the molecule is CCNC(=O)BP(=O)(O)OC. The summed E-state index contributed by atoms with van der Waals surface area (Å²) in [4.78, 5) is 19.5. The number of nitrogens with one attached hydrogen (secondary N) is 1. The summed E-state index contributed by atoms with van der Waals surface area (Å²) < 4.78 is 14.9. The van der Waals surface area contributed by atoms with Crippen LogP contribution in [0.5, 0.6) is 0 Å². The lowest BCUT2D eigenvalue weighted by Crippen LogP contribution is -2.26. The predicted octanol–water partition coefficient (Wildman–Crippen LogP) is -0.101. The van der Waals surface area contributed by atoms with Crippen LogP contribution in [0.3, 0.4) is 0 Å². The molecular formula is C4H11BNO4P. The van der Waals surface area contributed by atoms with Gasteiger partial charge in [0.25, 0.3) is 7.47 Å². The van der Waals surface area contributed by atoms with Crippen LogP contribution in [-0.4, -0.2) is 31.4 Å². The Morgan fingerprint density at radius 3 is 2.73 bits per heavy atom. The van der Waals surface area contributed by atoms with E-state index in [1.165, 1.54) is 0 Å². The molecule has 0 saturated heterocycles. The first-order chi connectivity index (χ1) is 5.02. The standard InChI is InChI=1S/C4H11BNO4P/c1-3-6-4(7)5-11(8,9)10-2/h5H,3H2,1-2H3,(H,6,7)(H,8,9). The molecule has 1 unspecified atom stereocenters. The van der Waals surface area contributed by atoms with Crippen molar-refractivity contribution >= 4 is 20.3 Å².